The summed E-state index contributed by atoms with van der Waals surface area (Å²) < 4.78 is 12.5. The Kier molecular flexibility index (Phi) is 6.98. The van der Waals surface area contributed by atoms with Crippen LogP contribution in [0.2, 0.25) is 18.1 Å². The molecule has 0 amide bonds. The molecule has 1 aromatic heterocycles. The number of rotatable bonds is 8. The minimum atomic E-state index is -1.96. The van der Waals surface area contributed by atoms with Gasteiger partial charge in [-0.25, -0.2) is 0 Å². The fraction of sp³-hybridized carbons (Fsp3) is 0.409. The molecule has 0 spiro atoms. The third-order valence-electron chi connectivity index (χ3n) is 5.07. The third kappa shape index (κ3) is 6.02. The highest BCUT2D eigenvalue weighted by molar-refractivity contribution is 6.74. The van der Waals surface area contributed by atoms with Crippen LogP contribution in [0.25, 0.3) is 6.08 Å². The molecule has 0 fully saturated rings. The number of hydrogen-bond acceptors (Lipinski definition) is 4. The van der Waals surface area contributed by atoms with Gasteiger partial charge in [-0.2, -0.15) is 0 Å². The lowest BCUT2D eigenvalue weighted by atomic mass is 10.1. The van der Waals surface area contributed by atoms with Gasteiger partial charge in [0.15, 0.2) is 14.1 Å². The summed E-state index contributed by atoms with van der Waals surface area (Å²) in [5.41, 5.74) is 1.13. The number of carbonyl (C=O) groups excluding carboxylic acids is 1. The number of furan rings is 1. The van der Waals surface area contributed by atoms with E-state index in [2.05, 4.69) is 46.0 Å². The van der Waals surface area contributed by atoms with Crippen LogP contribution in [-0.4, -0.2) is 25.8 Å². The molecule has 5 heteroatoms. The van der Waals surface area contributed by atoms with E-state index in [0.29, 0.717) is 12.2 Å². The zero-order valence-electron chi connectivity index (χ0n) is 16.9. The van der Waals surface area contributed by atoms with Gasteiger partial charge >= 0.3 is 0 Å². The van der Waals surface area contributed by atoms with Crippen molar-refractivity contribution in [2.24, 2.45) is 0 Å². The Morgan fingerprint density at radius 3 is 2.44 bits per heavy atom. The number of aliphatic hydroxyl groups is 1. The van der Waals surface area contributed by atoms with Gasteiger partial charge in [0, 0.05) is 6.42 Å². The standard InChI is InChI=1S/C22H30O4Si/c1-22(2,3)27(4,5)26-21(17-9-7-6-8-10-17)15-20-14-13-19(25-20)12-11-18(24)16-23/h6-14,21,23H,15-16H2,1-5H3/b12-11+. The first-order chi connectivity index (χ1) is 12.6. The van der Waals surface area contributed by atoms with Gasteiger partial charge in [0.1, 0.15) is 18.1 Å². The molecule has 0 aliphatic heterocycles. The molecule has 146 valence electrons. The fourth-order valence-electron chi connectivity index (χ4n) is 2.43. The molecule has 0 aliphatic rings. The lowest BCUT2D eigenvalue weighted by Crippen LogP contribution is -2.42. The third-order valence-corrected chi connectivity index (χ3v) is 9.56. The Balaban J connectivity index is 2.22. The number of benzene rings is 1. The van der Waals surface area contributed by atoms with Crippen LogP contribution in [0.5, 0.6) is 0 Å². The van der Waals surface area contributed by atoms with Gasteiger partial charge < -0.3 is 13.9 Å². The smallest absolute Gasteiger partial charge is 0.192 e. The predicted molar refractivity (Wildman–Crippen MR) is 111 cm³/mol. The van der Waals surface area contributed by atoms with Crippen LogP contribution in [0, 0.1) is 0 Å². The van der Waals surface area contributed by atoms with E-state index in [9.17, 15) is 4.79 Å². The summed E-state index contributed by atoms with van der Waals surface area (Å²) in [5, 5.41) is 8.91. The maximum Gasteiger partial charge on any atom is 0.192 e. The van der Waals surface area contributed by atoms with Crippen LogP contribution in [0.4, 0.5) is 0 Å². The molecule has 1 unspecified atom stereocenters. The van der Waals surface area contributed by atoms with E-state index in [-0.39, 0.29) is 16.9 Å². The van der Waals surface area contributed by atoms with Gasteiger partial charge in [0.2, 0.25) is 0 Å². The van der Waals surface area contributed by atoms with E-state index < -0.39 is 14.9 Å². The highest BCUT2D eigenvalue weighted by Crippen LogP contribution is 2.40. The second kappa shape index (κ2) is 8.82. The quantitative estimate of drug-likeness (QED) is 0.503. The number of aliphatic hydroxyl groups excluding tert-OH is 1. The van der Waals surface area contributed by atoms with Crippen LogP contribution in [0.1, 0.15) is 44.0 Å². The normalized spacial score (nSPS) is 13.9. The lowest BCUT2D eigenvalue weighted by molar-refractivity contribution is -0.117. The van der Waals surface area contributed by atoms with Gasteiger partial charge in [-0.05, 0) is 48.0 Å². The second-order valence-electron chi connectivity index (χ2n) is 8.24. The first kappa shape index (κ1) is 21.3. The molecular formula is C22H30O4Si. The number of hydrogen-bond donors (Lipinski definition) is 1. The molecule has 1 atom stereocenters. The van der Waals surface area contributed by atoms with Gasteiger partial charge in [0.05, 0.1) is 6.10 Å². The molecule has 2 rings (SSSR count). The van der Waals surface area contributed by atoms with Gasteiger partial charge in [-0.1, -0.05) is 51.1 Å². The highest BCUT2D eigenvalue weighted by atomic mass is 28.4. The summed E-state index contributed by atoms with van der Waals surface area (Å²) in [6.07, 6.45) is 3.44. The van der Waals surface area contributed by atoms with E-state index in [0.717, 1.165) is 11.3 Å². The van der Waals surface area contributed by atoms with E-state index in [4.69, 9.17) is 13.9 Å². The van der Waals surface area contributed by atoms with Crippen molar-refractivity contribution in [1.29, 1.82) is 0 Å². The van der Waals surface area contributed by atoms with Crippen LogP contribution in [0.3, 0.4) is 0 Å². The van der Waals surface area contributed by atoms with Crippen LogP contribution < -0.4 is 0 Å². The summed E-state index contributed by atoms with van der Waals surface area (Å²) in [6, 6.07) is 13.9. The molecule has 2 aromatic rings. The van der Waals surface area contributed by atoms with Crippen molar-refractivity contribution in [2.75, 3.05) is 6.61 Å². The summed E-state index contributed by atoms with van der Waals surface area (Å²) in [4.78, 5) is 11.2. The molecule has 0 aliphatic carbocycles. The van der Waals surface area contributed by atoms with Gasteiger partial charge in [0.25, 0.3) is 0 Å². The van der Waals surface area contributed by atoms with Crippen molar-refractivity contribution in [1.82, 2.24) is 0 Å². The number of ketones is 1. The maximum atomic E-state index is 11.2. The molecule has 4 nitrogen and oxygen atoms in total. The Labute approximate surface area is 163 Å². The molecule has 1 aromatic carbocycles. The van der Waals surface area contributed by atoms with Crippen molar-refractivity contribution in [3.8, 4) is 0 Å². The monoisotopic (exact) mass is 386 g/mol. The maximum absolute atomic E-state index is 11.2. The topological polar surface area (TPSA) is 59.7 Å². The van der Waals surface area contributed by atoms with Crippen molar-refractivity contribution in [2.45, 2.75) is 51.4 Å². The second-order valence-corrected chi connectivity index (χ2v) is 13.0. The van der Waals surface area contributed by atoms with E-state index in [1.807, 2.05) is 30.3 Å². The van der Waals surface area contributed by atoms with Crippen molar-refractivity contribution in [3.63, 3.8) is 0 Å². The van der Waals surface area contributed by atoms with E-state index in [1.165, 1.54) is 6.08 Å². The van der Waals surface area contributed by atoms with Crippen molar-refractivity contribution < 1.29 is 18.7 Å². The number of carbonyl (C=O) groups is 1. The molecular weight excluding hydrogens is 356 g/mol. The Hall–Kier alpha value is -1.95. The van der Waals surface area contributed by atoms with Crippen LogP contribution in [-0.2, 0) is 15.6 Å². The molecule has 27 heavy (non-hydrogen) atoms. The van der Waals surface area contributed by atoms with Gasteiger partial charge in [-0.15, -0.1) is 0 Å². The van der Waals surface area contributed by atoms with Crippen LogP contribution in [0.15, 0.2) is 53.0 Å². The molecule has 0 bridgehead atoms. The van der Waals surface area contributed by atoms with Crippen molar-refractivity contribution >= 4 is 20.2 Å². The Morgan fingerprint density at radius 2 is 1.85 bits per heavy atom. The SMILES string of the molecule is CC(C)(C)[Si](C)(C)OC(Cc1ccc(/C=C/C(=O)CO)o1)c1ccccc1. The lowest BCUT2D eigenvalue weighted by Gasteiger charge is -2.39. The molecule has 0 saturated carbocycles. The van der Waals surface area contributed by atoms with E-state index >= 15 is 0 Å². The molecule has 1 heterocycles. The molecule has 1 N–H and O–H groups in total. The minimum absolute atomic E-state index is 0.0888. The Bertz CT molecular complexity index is 769. The summed E-state index contributed by atoms with van der Waals surface area (Å²) in [5.74, 6) is 1.04. The van der Waals surface area contributed by atoms with E-state index in [1.54, 1.807) is 6.08 Å². The first-order valence-electron chi connectivity index (χ1n) is 9.25. The average Bonchev–Trinajstić information content (AvgIpc) is 3.06. The molecule has 0 radical (unpaired) electrons. The van der Waals surface area contributed by atoms with Crippen molar-refractivity contribution in [3.05, 3.63) is 65.6 Å². The summed E-state index contributed by atoms with van der Waals surface area (Å²) in [6.45, 7) is 10.7. The fourth-order valence-corrected chi connectivity index (χ4v) is 3.72. The largest absolute Gasteiger partial charge is 0.462 e. The minimum Gasteiger partial charge on any atom is -0.462 e. The average molecular weight is 387 g/mol. The summed E-state index contributed by atoms with van der Waals surface area (Å²) >= 11 is 0. The zero-order chi connectivity index (χ0) is 20.1. The highest BCUT2D eigenvalue weighted by Gasteiger charge is 2.39. The first-order valence-corrected chi connectivity index (χ1v) is 12.2. The predicted octanol–water partition coefficient (Wildman–Crippen LogP) is 5.16. The Morgan fingerprint density at radius 1 is 1.19 bits per heavy atom. The molecule has 0 saturated heterocycles. The zero-order valence-corrected chi connectivity index (χ0v) is 17.9. The van der Waals surface area contributed by atoms with Gasteiger partial charge in [-0.3, -0.25) is 4.79 Å². The van der Waals surface area contributed by atoms with Crippen LogP contribution >= 0.6 is 0 Å². The summed E-state index contributed by atoms with van der Waals surface area (Å²) in [7, 11) is -1.96.